The van der Waals surface area contributed by atoms with Gasteiger partial charge in [-0.15, -0.1) is 0 Å². The smallest absolute Gasteiger partial charge is 0.335 e. The van der Waals surface area contributed by atoms with Crippen LogP contribution < -0.4 is 15.0 Å². The number of carbonyl (C=O) groups excluding carboxylic acids is 3. The Balaban J connectivity index is 1.98. The van der Waals surface area contributed by atoms with Crippen molar-refractivity contribution < 1.29 is 23.5 Å². The van der Waals surface area contributed by atoms with E-state index in [9.17, 15) is 14.4 Å². The van der Waals surface area contributed by atoms with Crippen LogP contribution in [0, 0.1) is 0 Å². The fraction of sp³-hybridized carbons (Fsp3) is 0.0625. The van der Waals surface area contributed by atoms with Crippen molar-refractivity contribution in [1.82, 2.24) is 5.32 Å². The summed E-state index contributed by atoms with van der Waals surface area (Å²) in [5.41, 5.74) is 0.140. The minimum atomic E-state index is -0.804. The molecule has 1 N–H and O–H groups in total. The van der Waals surface area contributed by atoms with Crippen LogP contribution >= 0.6 is 0 Å². The van der Waals surface area contributed by atoms with Gasteiger partial charge >= 0.3 is 6.03 Å². The number of methoxy groups -OCH3 is 1. The molecule has 0 aliphatic carbocycles. The fourth-order valence-corrected chi connectivity index (χ4v) is 2.14. The van der Waals surface area contributed by atoms with E-state index in [0.717, 1.165) is 4.90 Å². The molecule has 0 radical (unpaired) electrons. The molecule has 1 aliphatic heterocycles. The number of hydrogen-bond donors (Lipinski definition) is 1. The van der Waals surface area contributed by atoms with Gasteiger partial charge in [0.15, 0.2) is 0 Å². The fourth-order valence-electron chi connectivity index (χ4n) is 2.14. The lowest BCUT2D eigenvalue weighted by molar-refractivity contribution is -0.122. The molecule has 0 unspecified atom stereocenters. The van der Waals surface area contributed by atoms with Crippen molar-refractivity contribution in [3.05, 3.63) is 54.0 Å². The largest absolute Gasteiger partial charge is 0.497 e. The van der Waals surface area contributed by atoms with Crippen molar-refractivity contribution in [1.29, 1.82) is 0 Å². The maximum absolute atomic E-state index is 12.5. The molecule has 7 nitrogen and oxygen atoms in total. The van der Waals surface area contributed by atoms with Crippen LogP contribution in [0.25, 0.3) is 6.08 Å². The van der Waals surface area contributed by atoms with E-state index in [4.69, 9.17) is 9.15 Å². The average molecular weight is 312 g/mol. The van der Waals surface area contributed by atoms with E-state index in [1.807, 2.05) is 0 Å². The summed E-state index contributed by atoms with van der Waals surface area (Å²) in [7, 11) is 1.51. The van der Waals surface area contributed by atoms with Crippen LogP contribution in [-0.4, -0.2) is 25.0 Å². The summed E-state index contributed by atoms with van der Waals surface area (Å²) in [5.74, 6) is -0.560. The molecule has 1 aromatic heterocycles. The van der Waals surface area contributed by atoms with E-state index < -0.39 is 17.8 Å². The van der Waals surface area contributed by atoms with Gasteiger partial charge in [0.2, 0.25) is 0 Å². The van der Waals surface area contributed by atoms with Crippen molar-refractivity contribution in [3.63, 3.8) is 0 Å². The number of benzene rings is 1. The summed E-state index contributed by atoms with van der Waals surface area (Å²) in [6.07, 6.45) is 2.71. The summed E-state index contributed by atoms with van der Waals surface area (Å²) in [6.45, 7) is 0. The Morgan fingerprint density at radius 2 is 1.87 bits per heavy atom. The van der Waals surface area contributed by atoms with Crippen LogP contribution in [0.3, 0.4) is 0 Å². The molecule has 1 fully saturated rings. The van der Waals surface area contributed by atoms with Gasteiger partial charge < -0.3 is 9.15 Å². The summed E-state index contributed by atoms with van der Waals surface area (Å²) in [4.78, 5) is 37.3. The second kappa shape index (κ2) is 5.80. The number of imide groups is 2. The third-order valence-electron chi connectivity index (χ3n) is 3.26. The lowest BCUT2D eigenvalue weighted by atomic mass is 10.1. The molecule has 4 amide bonds. The second-order valence-electron chi connectivity index (χ2n) is 4.67. The Labute approximate surface area is 131 Å². The summed E-state index contributed by atoms with van der Waals surface area (Å²) in [5, 5.41) is 2.14. The molecule has 23 heavy (non-hydrogen) atoms. The minimum Gasteiger partial charge on any atom is -0.497 e. The third kappa shape index (κ3) is 2.71. The molecule has 2 heterocycles. The number of rotatable bonds is 3. The molecule has 1 saturated heterocycles. The van der Waals surface area contributed by atoms with Gasteiger partial charge in [0, 0.05) is 0 Å². The first-order chi connectivity index (χ1) is 11.1. The van der Waals surface area contributed by atoms with Crippen LogP contribution in [0.2, 0.25) is 0 Å². The zero-order valence-electron chi connectivity index (χ0n) is 12.1. The molecule has 116 valence electrons. The van der Waals surface area contributed by atoms with Gasteiger partial charge in [0.25, 0.3) is 11.8 Å². The molecule has 1 aliphatic rings. The van der Waals surface area contributed by atoms with Crippen molar-refractivity contribution >= 4 is 29.6 Å². The number of urea groups is 1. The highest BCUT2D eigenvalue weighted by molar-refractivity contribution is 6.39. The SMILES string of the molecule is COc1ccc(N2C(=O)NC(=O)/C(=C\c3ccco3)C2=O)cc1. The van der Waals surface area contributed by atoms with E-state index in [0.29, 0.717) is 17.2 Å². The maximum Gasteiger partial charge on any atom is 0.335 e. The number of carbonyl (C=O) groups is 3. The van der Waals surface area contributed by atoms with Gasteiger partial charge in [0.05, 0.1) is 19.1 Å². The number of furan rings is 1. The van der Waals surface area contributed by atoms with Crippen LogP contribution in [0.4, 0.5) is 10.5 Å². The Morgan fingerprint density at radius 3 is 2.48 bits per heavy atom. The molecule has 1 aromatic carbocycles. The Hall–Kier alpha value is -3.35. The summed E-state index contributed by atoms with van der Waals surface area (Å²) >= 11 is 0. The summed E-state index contributed by atoms with van der Waals surface area (Å²) < 4.78 is 10.1. The normalized spacial score (nSPS) is 16.7. The van der Waals surface area contributed by atoms with Crippen LogP contribution in [-0.2, 0) is 9.59 Å². The minimum absolute atomic E-state index is 0.185. The number of ether oxygens (including phenoxy) is 1. The number of hydrogen-bond acceptors (Lipinski definition) is 5. The van der Waals surface area contributed by atoms with Crippen LogP contribution in [0.5, 0.6) is 5.75 Å². The number of nitrogens with zero attached hydrogens (tertiary/aromatic N) is 1. The second-order valence-corrected chi connectivity index (χ2v) is 4.67. The van der Waals surface area contributed by atoms with E-state index in [1.165, 1.54) is 19.4 Å². The molecule has 0 bridgehead atoms. The van der Waals surface area contributed by atoms with E-state index in [1.54, 1.807) is 36.4 Å². The maximum atomic E-state index is 12.5. The van der Waals surface area contributed by atoms with Crippen molar-refractivity contribution in [2.75, 3.05) is 12.0 Å². The van der Waals surface area contributed by atoms with Crippen LogP contribution in [0.15, 0.2) is 52.7 Å². The highest BCUT2D eigenvalue weighted by atomic mass is 16.5. The summed E-state index contributed by atoms with van der Waals surface area (Å²) in [6, 6.07) is 8.76. The zero-order valence-corrected chi connectivity index (χ0v) is 12.1. The highest BCUT2D eigenvalue weighted by Gasteiger charge is 2.36. The van der Waals surface area contributed by atoms with E-state index >= 15 is 0 Å². The molecular formula is C16H12N2O5. The van der Waals surface area contributed by atoms with Gasteiger partial charge in [-0.3, -0.25) is 14.9 Å². The topological polar surface area (TPSA) is 88.8 Å². The standard InChI is InChI=1S/C16H12N2O5/c1-22-11-6-4-10(5-7-11)18-15(20)13(14(19)17-16(18)21)9-12-3-2-8-23-12/h2-9H,1H3,(H,17,19,21)/b13-9+. The molecule has 2 aromatic rings. The van der Waals surface area contributed by atoms with E-state index in [2.05, 4.69) is 5.32 Å². The highest BCUT2D eigenvalue weighted by Crippen LogP contribution is 2.24. The zero-order chi connectivity index (χ0) is 16.4. The van der Waals surface area contributed by atoms with Gasteiger partial charge in [0.1, 0.15) is 17.1 Å². The Morgan fingerprint density at radius 1 is 1.13 bits per heavy atom. The monoisotopic (exact) mass is 312 g/mol. The Bertz CT molecular complexity index is 790. The van der Waals surface area contributed by atoms with Gasteiger partial charge in [-0.25, -0.2) is 9.69 Å². The van der Waals surface area contributed by atoms with Gasteiger partial charge in [-0.1, -0.05) is 0 Å². The number of amides is 4. The quantitative estimate of drug-likeness (QED) is 0.691. The van der Waals surface area contributed by atoms with Crippen molar-refractivity contribution in [2.24, 2.45) is 0 Å². The number of anilines is 1. The van der Waals surface area contributed by atoms with E-state index in [-0.39, 0.29) is 5.57 Å². The predicted molar refractivity (Wildman–Crippen MR) is 80.7 cm³/mol. The molecule has 7 heteroatoms. The first-order valence-electron chi connectivity index (χ1n) is 6.69. The molecule has 0 saturated carbocycles. The predicted octanol–water partition coefficient (Wildman–Crippen LogP) is 1.95. The Kier molecular flexibility index (Phi) is 3.68. The molecule has 0 spiro atoms. The molecule has 3 rings (SSSR count). The third-order valence-corrected chi connectivity index (χ3v) is 3.26. The lowest BCUT2D eigenvalue weighted by Gasteiger charge is -2.26. The first kappa shape index (κ1) is 14.6. The van der Waals surface area contributed by atoms with Crippen LogP contribution in [0.1, 0.15) is 5.76 Å². The average Bonchev–Trinajstić information content (AvgIpc) is 3.05. The first-order valence-corrected chi connectivity index (χ1v) is 6.69. The van der Waals surface area contributed by atoms with Crippen molar-refractivity contribution in [3.8, 4) is 5.75 Å². The number of nitrogens with one attached hydrogen (secondary N) is 1. The van der Waals surface area contributed by atoms with Gasteiger partial charge in [-0.05, 0) is 42.5 Å². The number of barbiturate groups is 1. The lowest BCUT2D eigenvalue weighted by Crippen LogP contribution is -2.54. The molecular weight excluding hydrogens is 300 g/mol. The molecule has 0 atom stereocenters. The van der Waals surface area contributed by atoms with Crippen molar-refractivity contribution in [2.45, 2.75) is 0 Å². The van der Waals surface area contributed by atoms with Gasteiger partial charge in [-0.2, -0.15) is 0 Å².